The number of Topliss-reactive ketones (excluding diaryl/α,β-unsaturated/α-hetero) is 1. The lowest BCUT2D eigenvalue weighted by Gasteiger charge is -2.18. The van der Waals surface area contributed by atoms with Gasteiger partial charge in [-0.3, -0.25) is 14.4 Å². The lowest BCUT2D eigenvalue weighted by Crippen LogP contribution is -2.32. The van der Waals surface area contributed by atoms with Crippen LogP contribution in [0.25, 0.3) is 0 Å². The third kappa shape index (κ3) is 4.40. The minimum absolute atomic E-state index is 0.126. The molecule has 2 amide bonds. The number of carbonyl (C=O) groups excluding carboxylic acids is 3. The zero-order valence-electron chi connectivity index (χ0n) is 18.0. The Bertz CT molecular complexity index is 1120. The van der Waals surface area contributed by atoms with E-state index in [0.29, 0.717) is 42.8 Å². The molecule has 1 unspecified atom stereocenters. The predicted molar refractivity (Wildman–Crippen MR) is 116 cm³/mol. The summed E-state index contributed by atoms with van der Waals surface area (Å²) in [6, 6.07) is 6.19. The maximum absolute atomic E-state index is 14.8. The maximum atomic E-state index is 14.8. The van der Waals surface area contributed by atoms with E-state index in [1.54, 1.807) is 12.1 Å². The number of ether oxygens (including phenoxy) is 2. The third-order valence-corrected chi connectivity index (χ3v) is 6.33. The fourth-order valence-electron chi connectivity index (χ4n) is 4.37. The van der Waals surface area contributed by atoms with Gasteiger partial charge in [-0.1, -0.05) is 0 Å². The quantitative estimate of drug-likeness (QED) is 0.657. The fourth-order valence-corrected chi connectivity index (χ4v) is 4.37. The van der Waals surface area contributed by atoms with E-state index < -0.39 is 23.7 Å². The van der Waals surface area contributed by atoms with Gasteiger partial charge in [-0.25, -0.2) is 9.37 Å². The highest BCUT2D eigenvalue weighted by Gasteiger charge is 2.38. The van der Waals surface area contributed by atoms with Crippen molar-refractivity contribution < 1.29 is 28.2 Å². The van der Waals surface area contributed by atoms with E-state index in [9.17, 15) is 18.8 Å². The first kappa shape index (κ1) is 21.4. The van der Waals surface area contributed by atoms with E-state index in [-0.39, 0.29) is 35.7 Å². The summed E-state index contributed by atoms with van der Waals surface area (Å²) in [6.07, 6.45) is 3.59. The molecule has 33 heavy (non-hydrogen) atoms. The van der Waals surface area contributed by atoms with E-state index in [1.807, 2.05) is 0 Å². The maximum Gasteiger partial charge on any atom is 0.268 e. The molecule has 172 valence electrons. The third-order valence-electron chi connectivity index (χ3n) is 6.33. The summed E-state index contributed by atoms with van der Waals surface area (Å²) in [5.41, 5.74) is 5.99. The lowest BCUT2D eigenvalue weighted by molar-refractivity contribution is -0.123. The van der Waals surface area contributed by atoms with Crippen LogP contribution in [0.3, 0.4) is 0 Å². The second kappa shape index (κ2) is 8.46. The van der Waals surface area contributed by atoms with E-state index in [2.05, 4.69) is 4.98 Å². The number of benzene rings is 1. The first-order valence-electron chi connectivity index (χ1n) is 11.1. The number of rotatable bonds is 8. The van der Waals surface area contributed by atoms with Crippen LogP contribution in [0.1, 0.15) is 41.6 Å². The summed E-state index contributed by atoms with van der Waals surface area (Å²) in [5, 5.41) is 0. The molecule has 9 heteroatoms. The van der Waals surface area contributed by atoms with Crippen molar-refractivity contribution in [2.75, 3.05) is 18.1 Å². The molecule has 8 nitrogen and oxygen atoms in total. The summed E-state index contributed by atoms with van der Waals surface area (Å²) >= 11 is 0. The number of primary amides is 1. The second-order valence-corrected chi connectivity index (χ2v) is 8.86. The number of anilines is 1. The van der Waals surface area contributed by atoms with E-state index in [4.69, 9.17) is 15.2 Å². The number of amides is 2. The molecular weight excluding hydrogens is 429 g/mol. The van der Waals surface area contributed by atoms with Crippen LogP contribution in [0.15, 0.2) is 30.5 Å². The number of hydrogen-bond acceptors (Lipinski definition) is 6. The van der Waals surface area contributed by atoms with Crippen LogP contribution in [0.4, 0.5) is 10.1 Å². The average molecular weight is 453 g/mol. The van der Waals surface area contributed by atoms with E-state index in [1.165, 1.54) is 36.1 Å². The number of ketones is 1. The number of nitrogens with two attached hydrogens (primary N) is 1. The fraction of sp³-hybridized carbons (Fsp3) is 0.417. The van der Waals surface area contributed by atoms with Crippen molar-refractivity contribution in [3.05, 3.63) is 47.4 Å². The van der Waals surface area contributed by atoms with Crippen molar-refractivity contribution in [1.29, 1.82) is 0 Å². The summed E-state index contributed by atoms with van der Waals surface area (Å²) in [6.45, 7) is 0.989. The van der Waals surface area contributed by atoms with Crippen molar-refractivity contribution in [3.8, 4) is 11.6 Å². The van der Waals surface area contributed by atoms with E-state index >= 15 is 0 Å². The normalized spacial score (nSPS) is 21.9. The molecular formula is C24H24FN3O5. The minimum atomic E-state index is -0.736. The Morgan fingerprint density at radius 2 is 2.03 bits per heavy atom. The zero-order chi connectivity index (χ0) is 23.1. The van der Waals surface area contributed by atoms with Crippen LogP contribution in [-0.2, 0) is 16.0 Å². The molecule has 1 aromatic carbocycles. The summed E-state index contributed by atoms with van der Waals surface area (Å²) in [7, 11) is 0. The van der Waals surface area contributed by atoms with Crippen molar-refractivity contribution in [2.24, 2.45) is 17.6 Å². The lowest BCUT2D eigenvalue weighted by atomic mass is 10.0. The number of nitrogens with zero attached hydrogens (tertiary/aromatic N) is 2. The molecule has 2 aromatic rings. The molecule has 2 N–H and O–H groups in total. The summed E-state index contributed by atoms with van der Waals surface area (Å²) < 4.78 is 26.2. The Hall–Kier alpha value is -3.49. The zero-order valence-corrected chi connectivity index (χ0v) is 18.0. The van der Waals surface area contributed by atoms with Crippen LogP contribution >= 0.6 is 0 Å². The highest BCUT2D eigenvalue weighted by Crippen LogP contribution is 2.35. The van der Waals surface area contributed by atoms with Gasteiger partial charge in [-0.2, -0.15) is 0 Å². The van der Waals surface area contributed by atoms with Gasteiger partial charge in [-0.15, -0.1) is 0 Å². The number of hydrogen-bond donors (Lipinski definition) is 1. The predicted octanol–water partition coefficient (Wildman–Crippen LogP) is 2.42. The molecule has 0 radical (unpaired) electrons. The Kier molecular flexibility index (Phi) is 5.47. The standard InChI is InChI=1S/C24H24FN3O5/c25-19-10-15(9-18-17(19)7-14(23(18)30)8-21(26)29)28-6-5-20(24(28)31)33-16-3-4-22(27-11-16)32-12-13-1-2-13/h3-4,9-11,13-14,20H,1-2,5-8,12H2,(H2,26,29)/t14?,20-/m1/s1. The molecule has 3 aliphatic rings. The molecule has 2 heterocycles. The molecule has 0 bridgehead atoms. The van der Waals surface area contributed by atoms with Gasteiger partial charge >= 0.3 is 0 Å². The number of fused-ring (bicyclic) bond motifs is 1. The van der Waals surface area contributed by atoms with Gasteiger partial charge in [0.15, 0.2) is 11.9 Å². The Morgan fingerprint density at radius 1 is 1.21 bits per heavy atom. The molecule has 0 spiro atoms. The van der Waals surface area contributed by atoms with Gasteiger partial charge in [0.25, 0.3) is 5.91 Å². The molecule has 1 aromatic heterocycles. The molecule has 2 atom stereocenters. The van der Waals surface area contributed by atoms with Crippen LogP contribution < -0.4 is 20.1 Å². The largest absolute Gasteiger partial charge is 0.479 e. The van der Waals surface area contributed by atoms with Crippen LogP contribution in [0.2, 0.25) is 0 Å². The Morgan fingerprint density at radius 3 is 2.73 bits per heavy atom. The highest BCUT2D eigenvalue weighted by atomic mass is 19.1. The molecule has 2 aliphatic carbocycles. The Labute approximate surface area is 189 Å². The summed E-state index contributed by atoms with van der Waals surface area (Å²) in [5.74, 6) is -0.879. The minimum Gasteiger partial charge on any atom is -0.479 e. The van der Waals surface area contributed by atoms with Crippen LogP contribution in [-0.4, -0.2) is 41.8 Å². The van der Waals surface area contributed by atoms with Gasteiger partial charge in [0.05, 0.1) is 12.8 Å². The van der Waals surface area contributed by atoms with Crippen LogP contribution in [0, 0.1) is 17.7 Å². The number of carbonyl (C=O) groups is 3. The average Bonchev–Trinajstić information content (AvgIpc) is 3.48. The topological polar surface area (TPSA) is 112 Å². The van der Waals surface area contributed by atoms with Gasteiger partial charge in [-0.05, 0) is 48.9 Å². The van der Waals surface area contributed by atoms with Gasteiger partial charge in [0.2, 0.25) is 11.8 Å². The first-order valence-corrected chi connectivity index (χ1v) is 11.1. The van der Waals surface area contributed by atoms with E-state index in [0.717, 1.165) is 0 Å². The van der Waals surface area contributed by atoms with Gasteiger partial charge < -0.3 is 20.1 Å². The molecule has 1 saturated carbocycles. The monoisotopic (exact) mass is 453 g/mol. The van der Waals surface area contributed by atoms with Crippen molar-refractivity contribution in [3.63, 3.8) is 0 Å². The highest BCUT2D eigenvalue weighted by molar-refractivity contribution is 6.06. The summed E-state index contributed by atoms with van der Waals surface area (Å²) in [4.78, 5) is 42.4. The van der Waals surface area contributed by atoms with Crippen molar-refractivity contribution >= 4 is 23.3 Å². The Balaban J connectivity index is 1.26. The van der Waals surface area contributed by atoms with Crippen LogP contribution in [0.5, 0.6) is 11.6 Å². The van der Waals surface area contributed by atoms with Gasteiger partial charge in [0.1, 0.15) is 11.6 Å². The SMILES string of the molecule is NC(=O)CC1Cc2c(F)cc(N3CC[C@@H](Oc4ccc(OCC5CC5)nc4)C3=O)cc2C1=O. The van der Waals surface area contributed by atoms with Crippen molar-refractivity contribution in [1.82, 2.24) is 4.98 Å². The van der Waals surface area contributed by atoms with Crippen molar-refractivity contribution in [2.45, 2.75) is 38.2 Å². The number of aromatic nitrogens is 1. The first-order chi connectivity index (χ1) is 15.9. The molecule has 1 saturated heterocycles. The molecule has 1 aliphatic heterocycles. The smallest absolute Gasteiger partial charge is 0.268 e. The number of pyridine rings is 1. The molecule has 5 rings (SSSR count). The molecule has 2 fully saturated rings. The second-order valence-electron chi connectivity index (χ2n) is 8.86. The van der Waals surface area contributed by atoms with Gasteiger partial charge in [0, 0.05) is 42.6 Å². The number of halogens is 1.